The van der Waals surface area contributed by atoms with Gasteiger partial charge < -0.3 is 14.1 Å². The lowest BCUT2D eigenvalue weighted by molar-refractivity contribution is -0.0602. The van der Waals surface area contributed by atoms with Gasteiger partial charge in [-0.05, 0) is 37.1 Å². The number of nitrogens with zero attached hydrogens (tertiary/aromatic N) is 3. The third-order valence-corrected chi connectivity index (χ3v) is 5.79. The molecule has 6 heteroatoms. The number of carbonyl (C=O) groups is 1. The zero-order chi connectivity index (χ0) is 22.0. The zero-order valence-corrected chi connectivity index (χ0v) is 18.2. The SMILES string of the molecule is C=C(C)C[C@@]1(c2ccccc2)CCN([C@@H](C)c2ccc(-c3nnc(C)o3)cc2)C(=O)O1. The van der Waals surface area contributed by atoms with Crippen LogP contribution in [-0.4, -0.2) is 27.7 Å². The fourth-order valence-corrected chi connectivity index (χ4v) is 4.18. The van der Waals surface area contributed by atoms with Gasteiger partial charge >= 0.3 is 6.09 Å². The Balaban J connectivity index is 1.52. The summed E-state index contributed by atoms with van der Waals surface area (Å²) in [5, 5.41) is 7.92. The molecule has 6 nitrogen and oxygen atoms in total. The van der Waals surface area contributed by atoms with Crippen LogP contribution in [0.15, 0.2) is 71.2 Å². The highest BCUT2D eigenvalue weighted by atomic mass is 16.6. The van der Waals surface area contributed by atoms with Crippen LogP contribution in [0.1, 0.15) is 49.7 Å². The van der Waals surface area contributed by atoms with Gasteiger partial charge in [0.1, 0.15) is 5.60 Å². The van der Waals surface area contributed by atoms with Crippen LogP contribution in [0.5, 0.6) is 0 Å². The van der Waals surface area contributed by atoms with Gasteiger partial charge in [0.2, 0.25) is 11.8 Å². The van der Waals surface area contributed by atoms with E-state index in [1.54, 1.807) is 11.8 Å². The monoisotopic (exact) mass is 417 g/mol. The average Bonchev–Trinajstić information content (AvgIpc) is 3.20. The summed E-state index contributed by atoms with van der Waals surface area (Å²) in [5.74, 6) is 1.02. The van der Waals surface area contributed by atoms with Crippen molar-refractivity contribution in [2.45, 2.75) is 45.3 Å². The molecule has 0 aliphatic carbocycles. The number of hydrogen-bond donors (Lipinski definition) is 0. The molecule has 1 saturated heterocycles. The molecule has 2 aromatic carbocycles. The summed E-state index contributed by atoms with van der Waals surface area (Å²) in [6.45, 7) is 10.4. The van der Waals surface area contributed by atoms with Crippen molar-refractivity contribution in [2.75, 3.05) is 6.54 Å². The number of amides is 1. The van der Waals surface area contributed by atoms with Gasteiger partial charge in [0.25, 0.3) is 0 Å². The van der Waals surface area contributed by atoms with Gasteiger partial charge in [-0.3, -0.25) is 0 Å². The van der Waals surface area contributed by atoms with Crippen molar-refractivity contribution in [2.24, 2.45) is 0 Å². The minimum atomic E-state index is -0.667. The van der Waals surface area contributed by atoms with Crippen LogP contribution in [0, 0.1) is 6.92 Å². The molecule has 1 amide bonds. The molecular formula is C25H27N3O3. The molecule has 31 heavy (non-hydrogen) atoms. The number of cyclic esters (lactones) is 1. The van der Waals surface area contributed by atoms with E-state index in [4.69, 9.17) is 9.15 Å². The van der Waals surface area contributed by atoms with E-state index in [2.05, 4.69) is 16.8 Å². The van der Waals surface area contributed by atoms with Crippen LogP contribution in [0.25, 0.3) is 11.5 Å². The van der Waals surface area contributed by atoms with E-state index in [-0.39, 0.29) is 12.1 Å². The highest BCUT2D eigenvalue weighted by Crippen LogP contribution is 2.41. The topological polar surface area (TPSA) is 68.5 Å². The van der Waals surface area contributed by atoms with Crippen LogP contribution in [0.3, 0.4) is 0 Å². The number of ether oxygens (including phenoxy) is 1. The van der Waals surface area contributed by atoms with Crippen molar-refractivity contribution in [3.8, 4) is 11.5 Å². The van der Waals surface area contributed by atoms with E-state index in [1.807, 2.05) is 68.4 Å². The minimum absolute atomic E-state index is 0.121. The number of benzene rings is 2. The number of carbonyl (C=O) groups excluding carboxylic acids is 1. The van der Waals surface area contributed by atoms with E-state index in [9.17, 15) is 4.79 Å². The van der Waals surface area contributed by atoms with Gasteiger partial charge in [-0.2, -0.15) is 0 Å². The molecule has 1 fully saturated rings. The Hall–Kier alpha value is -3.41. The van der Waals surface area contributed by atoms with Crippen molar-refractivity contribution in [3.63, 3.8) is 0 Å². The fourth-order valence-electron chi connectivity index (χ4n) is 4.18. The van der Waals surface area contributed by atoms with Crippen LogP contribution >= 0.6 is 0 Å². The normalized spacial score (nSPS) is 19.7. The molecule has 0 radical (unpaired) electrons. The van der Waals surface area contributed by atoms with Crippen molar-refractivity contribution < 1.29 is 13.9 Å². The number of hydrogen-bond acceptors (Lipinski definition) is 5. The van der Waals surface area contributed by atoms with E-state index >= 15 is 0 Å². The van der Waals surface area contributed by atoms with Gasteiger partial charge in [0.15, 0.2) is 0 Å². The third-order valence-electron chi connectivity index (χ3n) is 5.79. The summed E-state index contributed by atoms with van der Waals surface area (Å²) in [6.07, 6.45) is 1.02. The van der Waals surface area contributed by atoms with Gasteiger partial charge in [0, 0.05) is 31.9 Å². The Morgan fingerprint density at radius 3 is 2.45 bits per heavy atom. The predicted octanol–water partition coefficient (Wildman–Crippen LogP) is 5.81. The Labute approximate surface area is 182 Å². The first kappa shape index (κ1) is 20.8. The molecule has 1 aliphatic rings. The van der Waals surface area contributed by atoms with Crippen molar-refractivity contribution in [1.29, 1.82) is 0 Å². The summed E-state index contributed by atoms with van der Waals surface area (Å²) in [5.41, 5.74) is 3.20. The maximum absolute atomic E-state index is 13.1. The molecule has 3 aromatic rings. The summed E-state index contributed by atoms with van der Waals surface area (Å²) in [4.78, 5) is 14.9. The maximum Gasteiger partial charge on any atom is 0.411 e. The summed E-state index contributed by atoms with van der Waals surface area (Å²) < 4.78 is 11.6. The smallest absolute Gasteiger partial charge is 0.411 e. The second-order valence-electron chi connectivity index (χ2n) is 8.23. The van der Waals surface area contributed by atoms with Crippen molar-refractivity contribution in [1.82, 2.24) is 15.1 Å². The molecule has 0 saturated carbocycles. The Kier molecular flexibility index (Phi) is 5.63. The molecule has 0 unspecified atom stereocenters. The summed E-state index contributed by atoms with van der Waals surface area (Å²) >= 11 is 0. The lowest BCUT2D eigenvalue weighted by atomic mass is 9.83. The summed E-state index contributed by atoms with van der Waals surface area (Å²) in [7, 11) is 0. The number of aryl methyl sites for hydroxylation is 1. The van der Waals surface area contributed by atoms with Gasteiger partial charge in [-0.25, -0.2) is 4.79 Å². The second-order valence-corrected chi connectivity index (χ2v) is 8.23. The molecule has 0 bridgehead atoms. The Morgan fingerprint density at radius 2 is 1.87 bits per heavy atom. The van der Waals surface area contributed by atoms with Crippen LogP contribution in [-0.2, 0) is 10.3 Å². The first-order chi connectivity index (χ1) is 14.9. The van der Waals surface area contributed by atoms with Gasteiger partial charge in [-0.1, -0.05) is 54.6 Å². The molecule has 2 heterocycles. The van der Waals surface area contributed by atoms with Crippen LogP contribution in [0.4, 0.5) is 4.79 Å². The van der Waals surface area contributed by atoms with E-state index in [0.717, 1.165) is 22.3 Å². The fraction of sp³-hybridized carbons (Fsp3) is 0.320. The van der Waals surface area contributed by atoms with Gasteiger partial charge in [0.05, 0.1) is 6.04 Å². The maximum atomic E-state index is 13.1. The molecule has 1 aromatic heterocycles. The lowest BCUT2D eigenvalue weighted by Gasteiger charge is -2.43. The first-order valence-corrected chi connectivity index (χ1v) is 10.5. The van der Waals surface area contributed by atoms with E-state index in [1.165, 1.54) is 0 Å². The highest BCUT2D eigenvalue weighted by Gasteiger charge is 2.43. The van der Waals surface area contributed by atoms with Crippen molar-refractivity contribution in [3.05, 3.63) is 83.8 Å². The number of rotatable bonds is 6. The zero-order valence-electron chi connectivity index (χ0n) is 18.2. The Bertz CT molecular complexity index is 1070. The second kappa shape index (κ2) is 8.38. The molecule has 160 valence electrons. The quantitative estimate of drug-likeness (QED) is 0.473. The van der Waals surface area contributed by atoms with E-state index in [0.29, 0.717) is 31.2 Å². The molecule has 2 atom stereocenters. The molecule has 0 N–H and O–H groups in total. The minimum Gasteiger partial charge on any atom is -0.437 e. The molecule has 4 rings (SSSR count). The standard InChI is InChI=1S/C25H27N3O3/c1-17(2)16-25(22-8-6-5-7-9-22)14-15-28(24(29)31-25)18(3)20-10-12-21(13-11-20)23-27-26-19(4)30-23/h5-13,18H,1,14-16H2,2-4H3/t18-,25+/m0/s1. The van der Waals surface area contributed by atoms with Crippen molar-refractivity contribution >= 4 is 6.09 Å². The summed E-state index contributed by atoms with van der Waals surface area (Å²) in [6, 6.07) is 17.7. The molecule has 1 aliphatic heterocycles. The largest absolute Gasteiger partial charge is 0.437 e. The first-order valence-electron chi connectivity index (χ1n) is 10.5. The van der Waals surface area contributed by atoms with E-state index < -0.39 is 5.60 Å². The third kappa shape index (κ3) is 4.24. The molecular weight excluding hydrogens is 390 g/mol. The van der Waals surface area contributed by atoms with Gasteiger partial charge in [-0.15, -0.1) is 10.2 Å². The number of aromatic nitrogens is 2. The lowest BCUT2D eigenvalue weighted by Crippen LogP contribution is -2.48. The Morgan fingerprint density at radius 1 is 1.16 bits per heavy atom. The van der Waals surface area contributed by atoms with Crippen LogP contribution < -0.4 is 0 Å². The molecule has 0 spiro atoms. The van der Waals surface area contributed by atoms with Crippen LogP contribution in [0.2, 0.25) is 0 Å². The average molecular weight is 418 g/mol. The predicted molar refractivity (Wildman–Crippen MR) is 118 cm³/mol. The highest BCUT2D eigenvalue weighted by molar-refractivity contribution is 5.70.